The van der Waals surface area contributed by atoms with Gasteiger partial charge in [0.2, 0.25) is 23.5 Å². The van der Waals surface area contributed by atoms with Crippen LogP contribution >= 0.6 is 0 Å². The third kappa shape index (κ3) is 3.08. The summed E-state index contributed by atoms with van der Waals surface area (Å²) in [6.45, 7) is 0.906. The van der Waals surface area contributed by atoms with Crippen molar-refractivity contribution in [1.82, 2.24) is 10.2 Å². The molecule has 2 aliphatic rings. The zero-order valence-corrected chi connectivity index (χ0v) is 11.5. The van der Waals surface area contributed by atoms with Gasteiger partial charge in [0.15, 0.2) is 6.29 Å². The molecule has 1 N–H and O–H groups in total. The number of rotatable bonds is 4. The average Bonchev–Trinajstić information content (AvgIpc) is 2.86. The monoisotopic (exact) mass is 302 g/mol. The maximum absolute atomic E-state index is 13.5. The predicted molar refractivity (Wildman–Crippen MR) is 66.4 cm³/mol. The molecule has 21 heavy (non-hydrogen) atoms. The molecule has 1 heterocycles. The first-order valence-electron chi connectivity index (χ1n) is 6.66. The fraction of sp³-hybridized carbons (Fsp3) is 0.692. The van der Waals surface area contributed by atoms with E-state index >= 15 is 0 Å². The number of alkyl halides is 2. The van der Waals surface area contributed by atoms with Crippen molar-refractivity contribution in [3.05, 3.63) is 0 Å². The summed E-state index contributed by atoms with van der Waals surface area (Å²) in [6.07, 6.45) is -0.705. The third-order valence-corrected chi connectivity index (χ3v) is 4.11. The topological polar surface area (TPSA) is 83.6 Å². The van der Waals surface area contributed by atoms with E-state index in [1.807, 2.05) is 0 Å². The number of Topliss-reactive ketones (excluding diaryl/α,β-unsaturated/α-hetero) is 1. The summed E-state index contributed by atoms with van der Waals surface area (Å²) in [4.78, 5) is 46.1. The SMILES string of the molecule is CC(=O)N1C[C@@H]2CC(F)(F)C[C@@H]2C1C(=O)NCC(=O)C=O. The van der Waals surface area contributed by atoms with E-state index in [9.17, 15) is 28.0 Å². The lowest BCUT2D eigenvalue weighted by Gasteiger charge is -2.26. The smallest absolute Gasteiger partial charge is 0.248 e. The molecule has 0 aromatic carbocycles. The number of likely N-dealkylation sites (tertiary alicyclic amines) is 1. The molecule has 8 heteroatoms. The summed E-state index contributed by atoms with van der Waals surface area (Å²) in [5.74, 6) is -5.70. The van der Waals surface area contributed by atoms with Gasteiger partial charge in [-0.05, 0) is 11.8 Å². The van der Waals surface area contributed by atoms with Crippen LogP contribution in [0.1, 0.15) is 19.8 Å². The number of amides is 2. The Morgan fingerprint density at radius 3 is 2.57 bits per heavy atom. The molecule has 2 fully saturated rings. The molecule has 0 aromatic heterocycles. The third-order valence-electron chi connectivity index (χ3n) is 4.11. The number of fused-ring (bicyclic) bond motifs is 1. The number of nitrogens with zero attached hydrogens (tertiary/aromatic N) is 1. The Morgan fingerprint density at radius 2 is 2.00 bits per heavy atom. The van der Waals surface area contributed by atoms with Crippen molar-refractivity contribution in [3.63, 3.8) is 0 Å². The van der Waals surface area contributed by atoms with E-state index in [4.69, 9.17) is 0 Å². The van der Waals surface area contributed by atoms with Gasteiger partial charge in [0.25, 0.3) is 0 Å². The van der Waals surface area contributed by atoms with Gasteiger partial charge in [-0.15, -0.1) is 0 Å². The van der Waals surface area contributed by atoms with Crippen LogP contribution in [-0.4, -0.2) is 53.8 Å². The standard InChI is InChI=1S/C13H16F2N2O4/c1-7(19)17-5-8-2-13(14,15)3-10(8)11(17)12(21)16-4-9(20)6-18/h6,8,10-11H,2-5H2,1H3,(H,16,21)/t8-,10-,11?/m0/s1. The minimum absolute atomic E-state index is 0.0736. The normalized spacial score (nSPS) is 29.9. The van der Waals surface area contributed by atoms with E-state index in [-0.39, 0.29) is 25.2 Å². The summed E-state index contributed by atoms with van der Waals surface area (Å²) in [6, 6.07) is -1.000. The van der Waals surface area contributed by atoms with E-state index in [2.05, 4.69) is 5.32 Å². The quantitative estimate of drug-likeness (QED) is 0.574. The highest BCUT2D eigenvalue weighted by Crippen LogP contribution is 2.49. The molecule has 1 aliphatic carbocycles. The van der Waals surface area contributed by atoms with Crippen molar-refractivity contribution in [1.29, 1.82) is 0 Å². The number of hydrogen-bond acceptors (Lipinski definition) is 4. The van der Waals surface area contributed by atoms with Crippen LogP contribution < -0.4 is 5.32 Å². The summed E-state index contributed by atoms with van der Waals surface area (Å²) in [7, 11) is 0. The molecule has 1 aliphatic heterocycles. The van der Waals surface area contributed by atoms with Gasteiger partial charge in [0.1, 0.15) is 6.04 Å². The minimum Gasteiger partial charge on any atom is -0.347 e. The second-order valence-electron chi connectivity index (χ2n) is 5.61. The number of carbonyl (C=O) groups is 4. The lowest BCUT2D eigenvalue weighted by molar-refractivity contribution is -0.139. The van der Waals surface area contributed by atoms with Crippen LogP contribution in [0, 0.1) is 11.8 Å². The van der Waals surface area contributed by atoms with Gasteiger partial charge in [-0.25, -0.2) is 8.78 Å². The molecule has 1 unspecified atom stereocenters. The van der Waals surface area contributed by atoms with E-state index in [1.54, 1.807) is 0 Å². The van der Waals surface area contributed by atoms with Gasteiger partial charge < -0.3 is 10.2 Å². The highest BCUT2D eigenvalue weighted by Gasteiger charge is 2.57. The Labute approximate surface area is 119 Å². The number of nitrogens with one attached hydrogen (secondary N) is 1. The minimum atomic E-state index is -2.82. The Kier molecular flexibility index (Phi) is 4.06. The van der Waals surface area contributed by atoms with E-state index < -0.39 is 48.5 Å². The molecule has 0 radical (unpaired) electrons. The number of ketones is 1. The molecule has 2 rings (SSSR count). The Morgan fingerprint density at radius 1 is 1.33 bits per heavy atom. The number of aldehydes is 1. The van der Waals surface area contributed by atoms with Gasteiger partial charge >= 0.3 is 0 Å². The Balaban J connectivity index is 2.12. The molecular formula is C13H16F2N2O4. The van der Waals surface area contributed by atoms with Crippen molar-refractivity contribution in [2.75, 3.05) is 13.1 Å². The summed E-state index contributed by atoms with van der Waals surface area (Å²) in [5.41, 5.74) is 0. The second-order valence-corrected chi connectivity index (χ2v) is 5.61. The van der Waals surface area contributed by atoms with Crippen LogP contribution in [0.5, 0.6) is 0 Å². The van der Waals surface area contributed by atoms with Crippen LogP contribution in [0.2, 0.25) is 0 Å². The Hall–Kier alpha value is -1.86. The van der Waals surface area contributed by atoms with Crippen LogP contribution in [0.3, 0.4) is 0 Å². The molecule has 116 valence electrons. The van der Waals surface area contributed by atoms with Gasteiger partial charge in [-0.2, -0.15) is 0 Å². The van der Waals surface area contributed by atoms with Crippen LogP contribution in [-0.2, 0) is 19.2 Å². The van der Waals surface area contributed by atoms with Crippen molar-refractivity contribution in [2.24, 2.45) is 11.8 Å². The lowest BCUT2D eigenvalue weighted by Crippen LogP contribution is -2.49. The molecule has 0 bridgehead atoms. The molecule has 3 atom stereocenters. The van der Waals surface area contributed by atoms with E-state index in [1.165, 1.54) is 11.8 Å². The van der Waals surface area contributed by atoms with E-state index in [0.29, 0.717) is 0 Å². The highest BCUT2D eigenvalue weighted by atomic mass is 19.3. The van der Waals surface area contributed by atoms with Crippen molar-refractivity contribution in [3.8, 4) is 0 Å². The lowest BCUT2D eigenvalue weighted by atomic mass is 9.93. The maximum atomic E-state index is 13.5. The first-order chi connectivity index (χ1) is 9.75. The van der Waals surface area contributed by atoms with Crippen molar-refractivity contribution in [2.45, 2.75) is 31.7 Å². The molecule has 1 saturated heterocycles. The van der Waals surface area contributed by atoms with Gasteiger partial charge in [-0.1, -0.05) is 0 Å². The first-order valence-corrected chi connectivity index (χ1v) is 6.66. The molecule has 0 aromatic rings. The molecule has 2 amide bonds. The van der Waals surface area contributed by atoms with Gasteiger partial charge in [0, 0.05) is 26.3 Å². The summed E-state index contributed by atoms with van der Waals surface area (Å²) >= 11 is 0. The molecule has 1 saturated carbocycles. The van der Waals surface area contributed by atoms with Crippen LogP contribution in [0.25, 0.3) is 0 Å². The number of carbonyl (C=O) groups excluding carboxylic acids is 4. The van der Waals surface area contributed by atoms with Crippen molar-refractivity contribution < 1.29 is 28.0 Å². The Bertz CT molecular complexity index is 495. The predicted octanol–water partition coefficient (Wildman–Crippen LogP) is -0.237. The number of halogens is 2. The largest absolute Gasteiger partial charge is 0.347 e. The van der Waals surface area contributed by atoms with Crippen LogP contribution in [0.4, 0.5) is 8.78 Å². The fourth-order valence-corrected chi connectivity index (χ4v) is 3.28. The second kappa shape index (κ2) is 5.50. The van der Waals surface area contributed by atoms with Gasteiger partial charge in [-0.3, -0.25) is 19.2 Å². The average molecular weight is 302 g/mol. The fourth-order valence-electron chi connectivity index (χ4n) is 3.28. The summed E-state index contributed by atoms with van der Waals surface area (Å²) < 4.78 is 26.9. The zero-order valence-electron chi connectivity index (χ0n) is 11.5. The first kappa shape index (κ1) is 15.5. The molecule has 0 spiro atoms. The van der Waals surface area contributed by atoms with Crippen molar-refractivity contribution >= 4 is 23.9 Å². The molecule has 6 nitrogen and oxygen atoms in total. The molecular weight excluding hydrogens is 286 g/mol. The van der Waals surface area contributed by atoms with Gasteiger partial charge in [0.05, 0.1) is 6.54 Å². The zero-order chi connectivity index (χ0) is 15.8. The maximum Gasteiger partial charge on any atom is 0.248 e. The van der Waals surface area contributed by atoms with E-state index in [0.717, 1.165) is 0 Å². The summed E-state index contributed by atoms with van der Waals surface area (Å²) in [5, 5.41) is 2.24. The highest BCUT2D eigenvalue weighted by molar-refractivity contribution is 6.26. The number of hydrogen-bond donors (Lipinski definition) is 1. The van der Waals surface area contributed by atoms with Crippen LogP contribution in [0.15, 0.2) is 0 Å².